The van der Waals surface area contributed by atoms with Crippen molar-refractivity contribution in [3.63, 3.8) is 0 Å². The van der Waals surface area contributed by atoms with Crippen molar-refractivity contribution in [2.24, 2.45) is 0 Å². The minimum Gasteiger partial charge on any atom is -0.355 e. The number of nitrogens with zero attached hydrogens (tertiary/aromatic N) is 2. The standard InChI is InChI=1S/C10H16N4O/c1-11-10(15)8-6-13-14(7-8)9-2-4-12-5-3-9/h6-7,9,12H,2-5H2,1H3,(H,11,15). The number of amides is 1. The number of carbonyl (C=O) groups is 1. The van der Waals surface area contributed by atoms with Crippen LogP contribution in [0.4, 0.5) is 0 Å². The van der Waals surface area contributed by atoms with Gasteiger partial charge in [-0.1, -0.05) is 0 Å². The fourth-order valence-corrected chi connectivity index (χ4v) is 1.87. The van der Waals surface area contributed by atoms with E-state index in [2.05, 4.69) is 15.7 Å². The highest BCUT2D eigenvalue weighted by atomic mass is 16.1. The molecule has 1 aromatic rings. The van der Waals surface area contributed by atoms with E-state index >= 15 is 0 Å². The summed E-state index contributed by atoms with van der Waals surface area (Å²) in [5, 5.41) is 10.1. The van der Waals surface area contributed by atoms with E-state index in [0.29, 0.717) is 11.6 Å². The number of piperidine rings is 1. The summed E-state index contributed by atoms with van der Waals surface area (Å²) in [6.45, 7) is 2.06. The Labute approximate surface area is 88.8 Å². The van der Waals surface area contributed by atoms with Gasteiger partial charge in [-0.15, -0.1) is 0 Å². The summed E-state index contributed by atoms with van der Waals surface area (Å²) < 4.78 is 1.91. The van der Waals surface area contributed by atoms with Gasteiger partial charge in [0.25, 0.3) is 5.91 Å². The molecule has 2 heterocycles. The number of aromatic nitrogens is 2. The Hall–Kier alpha value is -1.36. The van der Waals surface area contributed by atoms with Crippen molar-refractivity contribution in [3.8, 4) is 0 Å². The lowest BCUT2D eigenvalue weighted by Crippen LogP contribution is -2.29. The number of hydrogen-bond donors (Lipinski definition) is 2. The second-order valence-electron chi connectivity index (χ2n) is 3.77. The zero-order valence-corrected chi connectivity index (χ0v) is 8.86. The van der Waals surface area contributed by atoms with E-state index in [4.69, 9.17) is 0 Å². The third-order valence-electron chi connectivity index (χ3n) is 2.77. The SMILES string of the molecule is CNC(=O)c1cnn(C2CCNCC2)c1. The molecule has 0 aromatic carbocycles. The first-order valence-electron chi connectivity index (χ1n) is 5.28. The van der Waals surface area contributed by atoms with Gasteiger partial charge in [-0.2, -0.15) is 5.10 Å². The van der Waals surface area contributed by atoms with Crippen LogP contribution in [-0.2, 0) is 0 Å². The maximum atomic E-state index is 11.3. The smallest absolute Gasteiger partial charge is 0.254 e. The fraction of sp³-hybridized carbons (Fsp3) is 0.600. The van der Waals surface area contributed by atoms with Crippen molar-refractivity contribution in [3.05, 3.63) is 18.0 Å². The summed E-state index contributed by atoms with van der Waals surface area (Å²) in [6.07, 6.45) is 5.61. The molecule has 5 heteroatoms. The average molecular weight is 208 g/mol. The number of hydrogen-bond acceptors (Lipinski definition) is 3. The van der Waals surface area contributed by atoms with Crippen molar-refractivity contribution in [1.82, 2.24) is 20.4 Å². The topological polar surface area (TPSA) is 59.0 Å². The van der Waals surface area contributed by atoms with Gasteiger partial charge in [-0.25, -0.2) is 0 Å². The quantitative estimate of drug-likeness (QED) is 0.728. The Balaban J connectivity index is 2.08. The minimum absolute atomic E-state index is 0.0739. The molecule has 2 N–H and O–H groups in total. The molecule has 1 amide bonds. The molecule has 0 spiro atoms. The Kier molecular flexibility index (Phi) is 3.01. The van der Waals surface area contributed by atoms with Crippen LogP contribution in [-0.4, -0.2) is 35.8 Å². The molecule has 0 saturated carbocycles. The lowest BCUT2D eigenvalue weighted by molar-refractivity contribution is 0.0963. The predicted octanol–water partition coefficient (Wildman–Crippen LogP) is 0.167. The lowest BCUT2D eigenvalue weighted by atomic mass is 10.1. The van der Waals surface area contributed by atoms with Crippen LogP contribution in [0.2, 0.25) is 0 Å². The fourth-order valence-electron chi connectivity index (χ4n) is 1.87. The summed E-state index contributed by atoms with van der Waals surface area (Å²) in [7, 11) is 1.63. The van der Waals surface area contributed by atoms with Crippen molar-refractivity contribution in [2.75, 3.05) is 20.1 Å². The van der Waals surface area contributed by atoms with Crippen LogP contribution < -0.4 is 10.6 Å². The molecule has 1 fully saturated rings. The van der Waals surface area contributed by atoms with Crippen LogP contribution >= 0.6 is 0 Å². The molecule has 0 radical (unpaired) electrons. The Morgan fingerprint density at radius 1 is 1.60 bits per heavy atom. The van der Waals surface area contributed by atoms with Crippen molar-refractivity contribution < 1.29 is 4.79 Å². The Morgan fingerprint density at radius 2 is 2.33 bits per heavy atom. The first kappa shape index (κ1) is 10.2. The third-order valence-corrected chi connectivity index (χ3v) is 2.77. The molecule has 0 unspecified atom stereocenters. The first-order valence-corrected chi connectivity index (χ1v) is 5.28. The summed E-state index contributed by atoms with van der Waals surface area (Å²) in [6, 6.07) is 0.435. The molecule has 1 aliphatic rings. The van der Waals surface area contributed by atoms with Gasteiger partial charge in [-0.3, -0.25) is 9.48 Å². The largest absolute Gasteiger partial charge is 0.355 e. The van der Waals surface area contributed by atoms with E-state index in [-0.39, 0.29) is 5.91 Å². The molecule has 0 aliphatic carbocycles. The van der Waals surface area contributed by atoms with E-state index in [1.807, 2.05) is 10.9 Å². The van der Waals surface area contributed by atoms with Crippen LogP contribution in [0, 0.1) is 0 Å². The van der Waals surface area contributed by atoms with Crippen LogP contribution in [0.3, 0.4) is 0 Å². The molecule has 1 aromatic heterocycles. The summed E-state index contributed by atoms with van der Waals surface area (Å²) >= 11 is 0. The van der Waals surface area contributed by atoms with Gasteiger partial charge in [0.1, 0.15) is 0 Å². The van der Waals surface area contributed by atoms with E-state index in [1.54, 1.807) is 13.2 Å². The Morgan fingerprint density at radius 3 is 3.00 bits per heavy atom. The molecule has 0 bridgehead atoms. The first-order chi connectivity index (χ1) is 7.31. The molecule has 15 heavy (non-hydrogen) atoms. The Bertz CT molecular complexity index is 341. The van der Waals surface area contributed by atoms with E-state index in [9.17, 15) is 4.79 Å². The molecule has 1 saturated heterocycles. The van der Waals surface area contributed by atoms with Crippen LogP contribution in [0.5, 0.6) is 0 Å². The molecule has 0 atom stereocenters. The summed E-state index contributed by atoms with van der Waals surface area (Å²) in [5.41, 5.74) is 0.635. The monoisotopic (exact) mass is 208 g/mol. The van der Waals surface area contributed by atoms with Gasteiger partial charge in [0.2, 0.25) is 0 Å². The van der Waals surface area contributed by atoms with Gasteiger partial charge in [0, 0.05) is 13.2 Å². The van der Waals surface area contributed by atoms with Crippen molar-refractivity contribution in [2.45, 2.75) is 18.9 Å². The van der Waals surface area contributed by atoms with Gasteiger partial charge in [0.05, 0.1) is 17.8 Å². The highest BCUT2D eigenvalue weighted by Gasteiger charge is 2.16. The number of rotatable bonds is 2. The van der Waals surface area contributed by atoms with E-state index < -0.39 is 0 Å². The summed E-state index contributed by atoms with van der Waals surface area (Å²) in [4.78, 5) is 11.3. The maximum Gasteiger partial charge on any atom is 0.254 e. The molecule has 5 nitrogen and oxygen atoms in total. The molecule has 2 rings (SSSR count). The zero-order chi connectivity index (χ0) is 10.7. The van der Waals surface area contributed by atoms with Crippen molar-refractivity contribution in [1.29, 1.82) is 0 Å². The van der Waals surface area contributed by atoms with Gasteiger partial charge in [0.15, 0.2) is 0 Å². The van der Waals surface area contributed by atoms with Gasteiger partial charge >= 0.3 is 0 Å². The normalized spacial score (nSPS) is 17.7. The van der Waals surface area contributed by atoms with Gasteiger partial charge in [-0.05, 0) is 25.9 Å². The second kappa shape index (κ2) is 4.44. The van der Waals surface area contributed by atoms with Crippen LogP contribution in [0.25, 0.3) is 0 Å². The molecular formula is C10H16N4O. The lowest BCUT2D eigenvalue weighted by Gasteiger charge is -2.22. The van der Waals surface area contributed by atoms with E-state index in [1.165, 1.54) is 0 Å². The molecular weight excluding hydrogens is 192 g/mol. The molecule has 1 aliphatic heterocycles. The van der Waals surface area contributed by atoms with E-state index in [0.717, 1.165) is 25.9 Å². The second-order valence-corrected chi connectivity index (χ2v) is 3.77. The van der Waals surface area contributed by atoms with Crippen LogP contribution in [0.1, 0.15) is 29.2 Å². The maximum absolute atomic E-state index is 11.3. The highest BCUT2D eigenvalue weighted by molar-refractivity contribution is 5.93. The molecule has 82 valence electrons. The van der Waals surface area contributed by atoms with Crippen LogP contribution in [0.15, 0.2) is 12.4 Å². The average Bonchev–Trinajstić information content (AvgIpc) is 2.78. The number of nitrogens with one attached hydrogen (secondary N) is 2. The highest BCUT2D eigenvalue weighted by Crippen LogP contribution is 2.17. The number of carbonyl (C=O) groups excluding carboxylic acids is 1. The minimum atomic E-state index is -0.0739. The van der Waals surface area contributed by atoms with Gasteiger partial charge < -0.3 is 10.6 Å². The third kappa shape index (κ3) is 2.18. The summed E-state index contributed by atoms with van der Waals surface area (Å²) in [5.74, 6) is -0.0739. The van der Waals surface area contributed by atoms with Crippen molar-refractivity contribution >= 4 is 5.91 Å². The zero-order valence-electron chi connectivity index (χ0n) is 8.86. The predicted molar refractivity (Wildman–Crippen MR) is 56.8 cm³/mol.